The predicted octanol–water partition coefficient (Wildman–Crippen LogP) is 2.08. The van der Waals surface area contributed by atoms with Crippen LogP contribution in [0.4, 0.5) is 5.69 Å². The molecule has 0 radical (unpaired) electrons. The summed E-state index contributed by atoms with van der Waals surface area (Å²) >= 11 is 0. The molecule has 164 valence electrons. The summed E-state index contributed by atoms with van der Waals surface area (Å²) in [6.45, 7) is 3.67. The van der Waals surface area contributed by atoms with Gasteiger partial charge >= 0.3 is 5.97 Å². The lowest BCUT2D eigenvalue weighted by Crippen LogP contribution is -2.31. The molecule has 0 aliphatic rings. The fourth-order valence-corrected chi connectivity index (χ4v) is 3.15. The van der Waals surface area contributed by atoms with E-state index in [0.29, 0.717) is 17.3 Å². The number of H-pyrrole nitrogens is 1. The summed E-state index contributed by atoms with van der Waals surface area (Å²) in [6.07, 6.45) is 0. The molecule has 0 spiro atoms. The summed E-state index contributed by atoms with van der Waals surface area (Å²) in [5.41, 5.74) is 0.231. The number of hydrogen-bond acceptors (Lipinski definition) is 8. The number of benzene rings is 1. The van der Waals surface area contributed by atoms with Gasteiger partial charge in [-0.2, -0.15) is 4.98 Å². The van der Waals surface area contributed by atoms with Crippen molar-refractivity contribution in [3.8, 4) is 5.75 Å². The van der Waals surface area contributed by atoms with E-state index in [1.807, 2.05) is 0 Å². The van der Waals surface area contributed by atoms with Crippen LogP contribution < -0.4 is 15.6 Å². The molecule has 2 N–H and O–H groups in total. The van der Waals surface area contributed by atoms with Crippen LogP contribution in [0.1, 0.15) is 28.9 Å². The molecule has 0 unspecified atom stereocenters. The number of aromatic amines is 1. The van der Waals surface area contributed by atoms with Gasteiger partial charge in [0.25, 0.3) is 5.56 Å². The Bertz CT molecular complexity index is 1170. The number of esters is 1. The van der Waals surface area contributed by atoms with Crippen LogP contribution in [0.3, 0.4) is 0 Å². The monoisotopic (exact) mass is 428 g/mol. The maximum absolute atomic E-state index is 12.6. The highest BCUT2D eigenvalue weighted by atomic mass is 16.5. The molecule has 0 aliphatic carbocycles. The van der Waals surface area contributed by atoms with Gasteiger partial charge in [0, 0.05) is 11.8 Å². The number of aryl methyl sites for hydroxylation is 1. The van der Waals surface area contributed by atoms with Crippen molar-refractivity contribution in [3.05, 3.63) is 51.8 Å². The zero-order valence-corrected chi connectivity index (χ0v) is 17.8. The fraction of sp³-hybridized carbons (Fsp3) is 0.333. The zero-order valence-electron chi connectivity index (χ0n) is 17.8. The first-order chi connectivity index (χ1) is 14.8. The molecule has 0 bridgehead atoms. The number of nitrogens with one attached hydrogen (secondary N) is 2. The molecule has 1 aromatic carbocycles. The second kappa shape index (κ2) is 9.43. The van der Waals surface area contributed by atoms with Gasteiger partial charge in [0.15, 0.2) is 0 Å². The van der Waals surface area contributed by atoms with E-state index >= 15 is 0 Å². The number of fused-ring (bicyclic) bond motifs is 1. The Morgan fingerprint density at radius 2 is 2.10 bits per heavy atom. The summed E-state index contributed by atoms with van der Waals surface area (Å²) in [7, 11) is 3.27. The summed E-state index contributed by atoms with van der Waals surface area (Å²) < 4.78 is 15.6. The number of furan rings is 1. The van der Waals surface area contributed by atoms with Crippen molar-refractivity contribution >= 4 is 28.7 Å². The van der Waals surface area contributed by atoms with E-state index in [1.54, 1.807) is 57.2 Å². The number of aromatic nitrogens is 2. The van der Waals surface area contributed by atoms with Gasteiger partial charge in [0.05, 0.1) is 26.8 Å². The Balaban J connectivity index is 1.71. The number of amides is 1. The molecule has 10 nitrogen and oxygen atoms in total. The van der Waals surface area contributed by atoms with Crippen LogP contribution in [0.15, 0.2) is 33.5 Å². The minimum absolute atomic E-state index is 0.0496. The molecule has 0 atom stereocenters. The van der Waals surface area contributed by atoms with Crippen LogP contribution in [0.25, 0.3) is 11.1 Å². The second-order valence-corrected chi connectivity index (χ2v) is 6.90. The molecule has 2 aromatic heterocycles. The van der Waals surface area contributed by atoms with E-state index in [4.69, 9.17) is 13.9 Å². The minimum Gasteiger partial charge on any atom is -0.497 e. The van der Waals surface area contributed by atoms with Crippen LogP contribution >= 0.6 is 0 Å². The molecule has 10 heteroatoms. The van der Waals surface area contributed by atoms with Gasteiger partial charge < -0.3 is 24.2 Å². The van der Waals surface area contributed by atoms with Gasteiger partial charge in [-0.15, -0.1) is 0 Å². The van der Waals surface area contributed by atoms with Crippen molar-refractivity contribution in [1.82, 2.24) is 14.9 Å². The number of ether oxygens (including phenoxy) is 2. The summed E-state index contributed by atoms with van der Waals surface area (Å²) in [5.74, 6) is 0.327. The van der Waals surface area contributed by atoms with Gasteiger partial charge in [-0.25, -0.2) is 4.79 Å². The summed E-state index contributed by atoms with van der Waals surface area (Å²) in [5, 5.41) is 2.84. The van der Waals surface area contributed by atoms with Gasteiger partial charge in [-0.05, 0) is 33.0 Å². The lowest BCUT2D eigenvalue weighted by atomic mass is 10.2. The van der Waals surface area contributed by atoms with E-state index in [-0.39, 0.29) is 48.0 Å². The number of rotatable bonds is 8. The number of likely N-dealkylation sites (N-methyl/N-ethyl adjacent to an activating group) is 1. The largest absolute Gasteiger partial charge is 0.497 e. The lowest BCUT2D eigenvalue weighted by molar-refractivity contribution is -0.117. The molecule has 31 heavy (non-hydrogen) atoms. The second-order valence-electron chi connectivity index (χ2n) is 6.90. The molecular weight excluding hydrogens is 404 g/mol. The average Bonchev–Trinajstić information content (AvgIpc) is 3.04. The van der Waals surface area contributed by atoms with Gasteiger partial charge in [0.1, 0.15) is 28.3 Å². The van der Waals surface area contributed by atoms with Crippen molar-refractivity contribution in [2.45, 2.75) is 20.4 Å². The first-order valence-corrected chi connectivity index (χ1v) is 9.64. The SMILES string of the molecule is CCOC(=O)c1c(C)oc2nc(CN(C)CC(=O)Nc3cccc(OC)c3)[nH]c(=O)c12. The number of nitrogens with zero attached hydrogens (tertiary/aromatic N) is 2. The Kier molecular flexibility index (Phi) is 6.71. The molecule has 0 saturated heterocycles. The van der Waals surface area contributed by atoms with E-state index in [0.717, 1.165) is 0 Å². The van der Waals surface area contributed by atoms with Crippen molar-refractivity contribution in [3.63, 3.8) is 0 Å². The first-order valence-electron chi connectivity index (χ1n) is 9.64. The van der Waals surface area contributed by atoms with Gasteiger partial charge in [0.2, 0.25) is 11.6 Å². The standard InChI is InChI=1S/C21H24N4O6/c1-5-30-21(28)17-12(2)31-20-18(17)19(27)23-15(24-20)10-25(3)11-16(26)22-13-7-6-8-14(9-13)29-4/h6-9H,5,10-11H2,1-4H3,(H,22,26)(H,23,24,27). The first kappa shape index (κ1) is 22.0. The van der Waals surface area contributed by atoms with Gasteiger partial charge in [-0.3, -0.25) is 14.5 Å². The molecule has 3 rings (SSSR count). The molecule has 2 heterocycles. The van der Waals surface area contributed by atoms with Crippen molar-refractivity contribution in [1.29, 1.82) is 0 Å². The zero-order chi connectivity index (χ0) is 22.5. The highest BCUT2D eigenvalue weighted by Gasteiger charge is 2.24. The number of carbonyl (C=O) groups is 2. The number of methoxy groups -OCH3 is 1. The van der Waals surface area contributed by atoms with Crippen molar-refractivity contribution < 1.29 is 23.5 Å². The topological polar surface area (TPSA) is 127 Å². The Labute approximate surface area is 178 Å². The molecule has 0 aliphatic heterocycles. The Morgan fingerprint density at radius 1 is 1.32 bits per heavy atom. The van der Waals surface area contributed by atoms with E-state index in [1.165, 1.54) is 0 Å². The van der Waals surface area contributed by atoms with Gasteiger partial charge in [-0.1, -0.05) is 6.07 Å². The van der Waals surface area contributed by atoms with Crippen LogP contribution in [0.5, 0.6) is 5.75 Å². The maximum Gasteiger partial charge on any atom is 0.342 e. The summed E-state index contributed by atoms with van der Waals surface area (Å²) in [4.78, 5) is 45.7. The third-order valence-electron chi connectivity index (χ3n) is 4.45. The van der Waals surface area contributed by atoms with Crippen LogP contribution in [0.2, 0.25) is 0 Å². The number of hydrogen-bond donors (Lipinski definition) is 2. The lowest BCUT2D eigenvalue weighted by Gasteiger charge is -2.15. The predicted molar refractivity (Wildman–Crippen MR) is 113 cm³/mol. The Morgan fingerprint density at radius 3 is 2.81 bits per heavy atom. The molecule has 3 aromatic rings. The van der Waals surface area contributed by atoms with Crippen molar-refractivity contribution in [2.24, 2.45) is 0 Å². The number of carbonyl (C=O) groups excluding carboxylic acids is 2. The molecule has 0 fully saturated rings. The average molecular weight is 428 g/mol. The highest BCUT2D eigenvalue weighted by Crippen LogP contribution is 2.22. The van der Waals surface area contributed by atoms with Crippen LogP contribution in [-0.4, -0.2) is 54.1 Å². The third-order valence-corrected chi connectivity index (χ3v) is 4.45. The number of anilines is 1. The van der Waals surface area contributed by atoms with E-state index < -0.39 is 11.5 Å². The fourth-order valence-electron chi connectivity index (χ4n) is 3.15. The summed E-state index contributed by atoms with van der Waals surface area (Å²) in [6, 6.07) is 7.03. The van der Waals surface area contributed by atoms with E-state index in [9.17, 15) is 14.4 Å². The molecule has 0 saturated carbocycles. The quantitative estimate of drug-likeness (QED) is 0.522. The van der Waals surface area contributed by atoms with E-state index in [2.05, 4.69) is 15.3 Å². The van der Waals surface area contributed by atoms with Crippen LogP contribution in [-0.2, 0) is 16.1 Å². The highest BCUT2D eigenvalue weighted by molar-refractivity contribution is 6.03. The van der Waals surface area contributed by atoms with Crippen molar-refractivity contribution in [2.75, 3.05) is 32.6 Å². The molecular formula is C21H24N4O6. The minimum atomic E-state index is -0.634. The van der Waals surface area contributed by atoms with Crippen LogP contribution in [0, 0.1) is 6.92 Å². The molecule has 1 amide bonds. The normalized spacial score (nSPS) is 11.0. The maximum atomic E-state index is 12.6. The smallest absolute Gasteiger partial charge is 0.342 e. The third kappa shape index (κ3) is 5.10. The Hall–Kier alpha value is -3.66.